The Morgan fingerprint density at radius 1 is 1.10 bits per heavy atom. The zero-order chi connectivity index (χ0) is 15.1. The highest BCUT2D eigenvalue weighted by Crippen LogP contribution is 2.36. The highest BCUT2D eigenvalue weighted by molar-refractivity contribution is 5.77. The Hall–Kier alpha value is -1.84. The van der Waals surface area contributed by atoms with Crippen LogP contribution >= 0.6 is 0 Å². The van der Waals surface area contributed by atoms with Gasteiger partial charge in [0.25, 0.3) is 0 Å². The number of carboxylic acids is 1. The summed E-state index contributed by atoms with van der Waals surface area (Å²) in [5.74, 6) is 0.172. The number of amides is 1. The molecule has 0 spiro atoms. The molecule has 1 aromatic rings. The summed E-state index contributed by atoms with van der Waals surface area (Å²) >= 11 is 0. The molecule has 2 rings (SSSR count). The number of hydrogen-bond donors (Lipinski definition) is 2. The number of rotatable bonds is 6. The van der Waals surface area contributed by atoms with E-state index in [1.54, 1.807) is 0 Å². The Balaban J connectivity index is 1.69. The summed E-state index contributed by atoms with van der Waals surface area (Å²) in [5, 5.41) is 11.2. The molecule has 0 radical (unpaired) electrons. The van der Waals surface area contributed by atoms with Crippen molar-refractivity contribution in [3.63, 3.8) is 0 Å². The van der Waals surface area contributed by atoms with Gasteiger partial charge in [0, 0.05) is 13.0 Å². The van der Waals surface area contributed by atoms with Gasteiger partial charge in [-0.25, -0.2) is 0 Å². The topological polar surface area (TPSA) is 66.4 Å². The first-order valence-electron chi connectivity index (χ1n) is 7.68. The van der Waals surface area contributed by atoms with Gasteiger partial charge in [0.2, 0.25) is 5.91 Å². The molecule has 0 saturated heterocycles. The van der Waals surface area contributed by atoms with Gasteiger partial charge in [0.15, 0.2) is 0 Å². The molecule has 1 saturated carbocycles. The summed E-state index contributed by atoms with van der Waals surface area (Å²) in [4.78, 5) is 22.1. The van der Waals surface area contributed by atoms with E-state index in [0.717, 1.165) is 25.7 Å². The number of benzene rings is 1. The minimum absolute atomic E-state index is 0.00745. The summed E-state index contributed by atoms with van der Waals surface area (Å²) in [6.45, 7) is 0.230. The molecule has 0 bridgehead atoms. The number of carboxylic acid groups (broad SMARTS) is 1. The molecule has 0 aliphatic heterocycles. The number of carbonyl (C=O) groups excluding carboxylic acids is 1. The number of aliphatic carboxylic acids is 1. The van der Waals surface area contributed by atoms with Crippen LogP contribution in [0, 0.1) is 5.92 Å². The smallest absolute Gasteiger partial charge is 0.305 e. The predicted molar refractivity (Wildman–Crippen MR) is 81.0 cm³/mol. The third kappa shape index (κ3) is 5.21. The molecule has 0 heterocycles. The first-order valence-corrected chi connectivity index (χ1v) is 7.68. The van der Waals surface area contributed by atoms with E-state index in [2.05, 4.69) is 29.6 Å². The van der Waals surface area contributed by atoms with Gasteiger partial charge >= 0.3 is 5.97 Å². The van der Waals surface area contributed by atoms with Crippen LogP contribution in [0.25, 0.3) is 0 Å². The van der Waals surface area contributed by atoms with Crippen molar-refractivity contribution in [1.82, 2.24) is 5.32 Å². The second-order valence-corrected chi connectivity index (χ2v) is 5.83. The molecular formula is C17H23NO3. The molecule has 4 nitrogen and oxygen atoms in total. The minimum atomic E-state index is -0.876. The lowest BCUT2D eigenvalue weighted by molar-refractivity contribution is -0.136. The normalized spacial score (nSPS) is 21.7. The van der Waals surface area contributed by atoms with Crippen LogP contribution in [-0.2, 0) is 9.59 Å². The standard InChI is InChI=1S/C17H23NO3/c19-16(18-11-10-17(20)21)12-13-6-8-15(9-7-13)14-4-2-1-3-5-14/h1-5,13,15H,6-12H2,(H,18,19)(H,20,21). The van der Waals surface area contributed by atoms with E-state index < -0.39 is 5.97 Å². The Morgan fingerprint density at radius 2 is 1.76 bits per heavy atom. The second-order valence-electron chi connectivity index (χ2n) is 5.83. The van der Waals surface area contributed by atoms with Crippen molar-refractivity contribution < 1.29 is 14.7 Å². The van der Waals surface area contributed by atoms with Gasteiger partial charge in [-0.2, -0.15) is 0 Å². The Bertz CT molecular complexity index is 464. The largest absolute Gasteiger partial charge is 0.481 e. The van der Waals surface area contributed by atoms with Crippen molar-refractivity contribution in [2.45, 2.75) is 44.4 Å². The highest BCUT2D eigenvalue weighted by atomic mass is 16.4. The van der Waals surface area contributed by atoms with Gasteiger partial charge in [0.1, 0.15) is 0 Å². The molecular weight excluding hydrogens is 266 g/mol. The summed E-state index contributed by atoms with van der Waals surface area (Å²) in [5.41, 5.74) is 1.40. The van der Waals surface area contributed by atoms with Gasteiger partial charge < -0.3 is 10.4 Å². The van der Waals surface area contributed by atoms with Crippen molar-refractivity contribution in [1.29, 1.82) is 0 Å². The van der Waals surface area contributed by atoms with Crippen molar-refractivity contribution in [3.05, 3.63) is 35.9 Å². The van der Waals surface area contributed by atoms with E-state index in [9.17, 15) is 9.59 Å². The number of nitrogens with one attached hydrogen (secondary N) is 1. The summed E-state index contributed by atoms with van der Waals surface area (Å²) in [7, 11) is 0. The zero-order valence-corrected chi connectivity index (χ0v) is 12.3. The van der Waals surface area contributed by atoms with E-state index in [1.165, 1.54) is 5.56 Å². The maximum atomic E-state index is 11.7. The van der Waals surface area contributed by atoms with Crippen LogP contribution in [0.5, 0.6) is 0 Å². The van der Waals surface area contributed by atoms with Crippen LogP contribution in [0.4, 0.5) is 0 Å². The molecule has 1 aliphatic rings. The fraction of sp³-hybridized carbons (Fsp3) is 0.529. The van der Waals surface area contributed by atoms with Crippen molar-refractivity contribution in [2.24, 2.45) is 5.92 Å². The molecule has 1 aromatic carbocycles. The summed E-state index contributed by atoms with van der Waals surface area (Å²) in [6.07, 6.45) is 4.94. The lowest BCUT2D eigenvalue weighted by atomic mass is 9.77. The number of carbonyl (C=O) groups is 2. The summed E-state index contributed by atoms with van der Waals surface area (Å²) < 4.78 is 0. The highest BCUT2D eigenvalue weighted by Gasteiger charge is 2.23. The van der Waals surface area contributed by atoms with E-state index in [0.29, 0.717) is 18.3 Å². The van der Waals surface area contributed by atoms with E-state index in [4.69, 9.17) is 5.11 Å². The van der Waals surface area contributed by atoms with Crippen LogP contribution in [0.1, 0.15) is 50.0 Å². The first-order chi connectivity index (χ1) is 10.1. The van der Waals surface area contributed by atoms with Crippen LogP contribution in [0.2, 0.25) is 0 Å². The third-order valence-electron chi connectivity index (χ3n) is 4.25. The van der Waals surface area contributed by atoms with Crippen LogP contribution in [-0.4, -0.2) is 23.5 Å². The Labute approximate surface area is 125 Å². The molecule has 1 aliphatic carbocycles. The average Bonchev–Trinajstić information content (AvgIpc) is 2.48. The number of hydrogen-bond acceptors (Lipinski definition) is 2. The monoisotopic (exact) mass is 289 g/mol. The van der Waals surface area contributed by atoms with E-state index >= 15 is 0 Å². The molecule has 21 heavy (non-hydrogen) atoms. The third-order valence-corrected chi connectivity index (χ3v) is 4.25. The second kappa shape index (κ2) is 7.81. The quantitative estimate of drug-likeness (QED) is 0.846. The molecule has 4 heteroatoms. The van der Waals surface area contributed by atoms with Gasteiger partial charge in [-0.1, -0.05) is 30.3 Å². The Kier molecular flexibility index (Phi) is 5.78. The maximum absolute atomic E-state index is 11.7. The van der Waals surface area contributed by atoms with E-state index in [-0.39, 0.29) is 18.9 Å². The van der Waals surface area contributed by atoms with Crippen molar-refractivity contribution in [2.75, 3.05) is 6.54 Å². The van der Waals surface area contributed by atoms with Crippen LogP contribution in [0.3, 0.4) is 0 Å². The van der Waals surface area contributed by atoms with Gasteiger partial charge in [-0.3, -0.25) is 9.59 Å². The van der Waals surface area contributed by atoms with Crippen molar-refractivity contribution in [3.8, 4) is 0 Å². The lowest BCUT2D eigenvalue weighted by Crippen LogP contribution is -2.28. The fourth-order valence-electron chi connectivity index (χ4n) is 3.07. The first kappa shape index (κ1) is 15.5. The molecule has 0 aromatic heterocycles. The van der Waals surface area contributed by atoms with Crippen LogP contribution in [0.15, 0.2) is 30.3 Å². The lowest BCUT2D eigenvalue weighted by Gasteiger charge is -2.28. The molecule has 0 atom stereocenters. The SMILES string of the molecule is O=C(O)CCNC(=O)CC1CCC(c2ccccc2)CC1. The minimum Gasteiger partial charge on any atom is -0.481 e. The Morgan fingerprint density at radius 3 is 2.38 bits per heavy atom. The maximum Gasteiger partial charge on any atom is 0.305 e. The molecule has 114 valence electrons. The summed E-state index contributed by atoms with van der Waals surface area (Å²) in [6, 6.07) is 10.6. The van der Waals surface area contributed by atoms with Crippen molar-refractivity contribution >= 4 is 11.9 Å². The predicted octanol–water partition coefficient (Wildman–Crippen LogP) is 2.94. The fourth-order valence-corrected chi connectivity index (χ4v) is 3.07. The zero-order valence-electron chi connectivity index (χ0n) is 12.3. The molecule has 1 amide bonds. The molecule has 0 unspecified atom stereocenters. The van der Waals surface area contributed by atoms with E-state index in [1.807, 2.05) is 6.07 Å². The van der Waals surface area contributed by atoms with Gasteiger partial charge in [0.05, 0.1) is 6.42 Å². The van der Waals surface area contributed by atoms with Gasteiger partial charge in [-0.05, 0) is 43.1 Å². The van der Waals surface area contributed by atoms with Crippen LogP contribution < -0.4 is 5.32 Å². The molecule has 2 N–H and O–H groups in total. The molecule has 1 fully saturated rings. The van der Waals surface area contributed by atoms with Gasteiger partial charge in [-0.15, -0.1) is 0 Å². The average molecular weight is 289 g/mol.